The van der Waals surface area contributed by atoms with E-state index in [0.717, 1.165) is 40.1 Å². The summed E-state index contributed by atoms with van der Waals surface area (Å²) in [4.78, 5) is 20.6. The van der Waals surface area contributed by atoms with E-state index in [1.165, 1.54) is 6.42 Å². The summed E-state index contributed by atoms with van der Waals surface area (Å²) >= 11 is 1.58. The van der Waals surface area contributed by atoms with Crippen LogP contribution in [0.15, 0.2) is 23.7 Å². The Morgan fingerprint density at radius 1 is 1.38 bits per heavy atom. The smallest absolute Gasteiger partial charge is 0.270 e. The highest BCUT2D eigenvalue weighted by Crippen LogP contribution is 2.35. The minimum atomic E-state index is -0.0985. The molecular formula is C21H27N5O2S. The zero-order valence-electron chi connectivity index (χ0n) is 17.4. The predicted molar refractivity (Wildman–Crippen MR) is 114 cm³/mol. The third-order valence-electron chi connectivity index (χ3n) is 6.05. The lowest BCUT2D eigenvalue weighted by atomic mass is 9.75. The fourth-order valence-electron chi connectivity index (χ4n) is 3.85. The first kappa shape index (κ1) is 19.8. The fraction of sp³-hybridized carbons (Fsp3) is 0.476. The van der Waals surface area contributed by atoms with Gasteiger partial charge >= 0.3 is 0 Å². The molecule has 4 rings (SSSR count). The Kier molecular flexibility index (Phi) is 5.31. The van der Waals surface area contributed by atoms with E-state index in [1.54, 1.807) is 23.1 Å². The van der Waals surface area contributed by atoms with Gasteiger partial charge in [0.05, 0.1) is 21.6 Å². The van der Waals surface area contributed by atoms with Crippen molar-refractivity contribution in [3.63, 3.8) is 0 Å². The van der Waals surface area contributed by atoms with Crippen molar-refractivity contribution in [2.75, 3.05) is 20.6 Å². The van der Waals surface area contributed by atoms with Gasteiger partial charge in [0.1, 0.15) is 18.1 Å². The van der Waals surface area contributed by atoms with Gasteiger partial charge in [0.25, 0.3) is 5.91 Å². The Hall–Kier alpha value is -2.45. The molecule has 154 valence electrons. The van der Waals surface area contributed by atoms with E-state index in [9.17, 15) is 4.79 Å². The highest BCUT2D eigenvalue weighted by atomic mass is 32.1. The van der Waals surface area contributed by atoms with Gasteiger partial charge in [-0.1, -0.05) is 0 Å². The molecule has 1 aromatic carbocycles. The first-order valence-corrected chi connectivity index (χ1v) is 10.7. The minimum Gasteiger partial charge on any atom is -0.488 e. The Labute approximate surface area is 174 Å². The van der Waals surface area contributed by atoms with Gasteiger partial charge in [0, 0.05) is 24.5 Å². The molecule has 29 heavy (non-hydrogen) atoms. The van der Waals surface area contributed by atoms with E-state index in [0.29, 0.717) is 18.8 Å². The summed E-state index contributed by atoms with van der Waals surface area (Å²) < 4.78 is 7.60. The minimum absolute atomic E-state index is 0.0743. The maximum Gasteiger partial charge on any atom is 0.270 e. The van der Waals surface area contributed by atoms with Gasteiger partial charge in [-0.25, -0.2) is 4.98 Å². The number of carbonyl (C=O) groups is 1. The van der Waals surface area contributed by atoms with Gasteiger partial charge in [0.2, 0.25) is 0 Å². The quantitative estimate of drug-likeness (QED) is 0.644. The number of ether oxygens (including phenoxy) is 1. The van der Waals surface area contributed by atoms with Gasteiger partial charge in [-0.05, 0) is 58.5 Å². The van der Waals surface area contributed by atoms with Crippen molar-refractivity contribution >= 4 is 28.1 Å². The number of carbonyl (C=O) groups excluding carboxylic acids is 1. The van der Waals surface area contributed by atoms with Gasteiger partial charge in [0.15, 0.2) is 0 Å². The molecule has 0 unspecified atom stereocenters. The second-order valence-electron chi connectivity index (χ2n) is 7.96. The van der Waals surface area contributed by atoms with Crippen LogP contribution in [-0.2, 0) is 13.7 Å². The third-order valence-corrected chi connectivity index (χ3v) is 6.95. The molecule has 0 radical (unpaired) electrons. The predicted octanol–water partition coefficient (Wildman–Crippen LogP) is 3.13. The lowest BCUT2D eigenvalue weighted by Gasteiger charge is -2.47. The van der Waals surface area contributed by atoms with Gasteiger partial charge in [-0.2, -0.15) is 5.10 Å². The van der Waals surface area contributed by atoms with Crippen LogP contribution in [0.3, 0.4) is 0 Å². The molecule has 1 saturated carbocycles. The molecule has 0 atom stereocenters. The Morgan fingerprint density at radius 2 is 2.17 bits per heavy atom. The van der Waals surface area contributed by atoms with E-state index in [2.05, 4.69) is 34.4 Å². The van der Waals surface area contributed by atoms with E-state index in [1.807, 2.05) is 30.6 Å². The lowest BCUT2D eigenvalue weighted by molar-refractivity contribution is 0.0555. The SMILES string of the molecule is Cc1ncsc1COc1ccc2nn(C)c(C(=O)NCC3(N(C)C)CCC3)c2c1. The van der Waals surface area contributed by atoms with Crippen molar-refractivity contribution in [2.24, 2.45) is 7.05 Å². The van der Waals surface area contributed by atoms with Gasteiger partial charge < -0.3 is 15.0 Å². The molecule has 0 aliphatic heterocycles. The van der Waals surface area contributed by atoms with Gasteiger partial charge in [-0.3, -0.25) is 9.48 Å². The van der Waals surface area contributed by atoms with Crippen LogP contribution in [0, 0.1) is 6.92 Å². The fourth-order valence-corrected chi connectivity index (χ4v) is 4.53. The molecule has 1 fully saturated rings. The van der Waals surface area contributed by atoms with E-state index in [4.69, 9.17) is 4.74 Å². The van der Waals surface area contributed by atoms with Crippen LogP contribution in [-0.4, -0.2) is 51.8 Å². The average Bonchev–Trinajstić information content (AvgIpc) is 3.20. The molecule has 8 heteroatoms. The molecule has 0 bridgehead atoms. The van der Waals surface area contributed by atoms with Gasteiger partial charge in [-0.15, -0.1) is 11.3 Å². The van der Waals surface area contributed by atoms with E-state index < -0.39 is 0 Å². The second-order valence-corrected chi connectivity index (χ2v) is 8.90. The summed E-state index contributed by atoms with van der Waals surface area (Å²) in [6.07, 6.45) is 3.44. The van der Waals surface area contributed by atoms with Crippen LogP contribution in [0.5, 0.6) is 5.75 Å². The summed E-state index contributed by atoms with van der Waals surface area (Å²) in [5.41, 5.74) is 4.23. The Bertz CT molecular complexity index is 1040. The number of thiazole rings is 1. The molecule has 2 aromatic heterocycles. The zero-order chi connectivity index (χ0) is 20.6. The van der Waals surface area contributed by atoms with Crippen LogP contribution in [0.1, 0.15) is 40.3 Å². The molecule has 0 spiro atoms. The van der Waals surface area contributed by atoms with Crippen molar-refractivity contribution in [3.8, 4) is 5.75 Å². The van der Waals surface area contributed by atoms with Crippen LogP contribution in [0.2, 0.25) is 0 Å². The summed E-state index contributed by atoms with van der Waals surface area (Å²) in [7, 11) is 5.97. The number of hydrogen-bond acceptors (Lipinski definition) is 6. The third kappa shape index (κ3) is 3.74. The summed E-state index contributed by atoms with van der Waals surface area (Å²) in [6.45, 7) is 3.09. The summed E-state index contributed by atoms with van der Waals surface area (Å²) in [5, 5.41) is 8.43. The molecule has 1 aliphatic carbocycles. The zero-order valence-corrected chi connectivity index (χ0v) is 18.2. The number of nitrogens with one attached hydrogen (secondary N) is 1. The molecule has 3 aromatic rings. The molecular weight excluding hydrogens is 386 g/mol. The maximum atomic E-state index is 13.0. The number of aryl methyl sites for hydroxylation is 2. The standard InChI is InChI=1S/C21H27N5O2S/c1-14-18(29-13-23-14)11-28-15-6-7-17-16(10-15)19(26(4)24-17)20(27)22-12-21(25(2)3)8-5-9-21/h6-7,10,13H,5,8-9,11-12H2,1-4H3,(H,22,27). The number of fused-ring (bicyclic) bond motifs is 1. The maximum absolute atomic E-state index is 13.0. The van der Waals surface area contributed by atoms with Crippen LogP contribution < -0.4 is 10.1 Å². The Morgan fingerprint density at radius 3 is 2.79 bits per heavy atom. The molecule has 0 saturated heterocycles. The lowest BCUT2D eigenvalue weighted by Crippen LogP contribution is -2.57. The normalized spacial score (nSPS) is 15.5. The first-order chi connectivity index (χ1) is 13.9. The number of likely N-dealkylation sites (N-methyl/N-ethyl adjacent to an activating group) is 1. The molecule has 1 amide bonds. The summed E-state index contributed by atoms with van der Waals surface area (Å²) in [5.74, 6) is 0.620. The number of benzene rings is 1. The average molecular weight is 414 g/mol. The summed E-state index contributed by atoms with van der Waals surface area (Å²) in [6, 6.07) is 5.69. The number of rotatable bonds is 7. The van der Waals surface area contributed by atoms with E-state index >= 15 is 0 Å². The van der Waals surface area contributed by atoms with Crippen LogP contribution in [0.4, 0.5) is 0 Å². The van der Waals surface area contributed by atoms with E-state index in [-0.39, 0.29) is 11.4 Å². The molecule has 7 nitrogen and oxygen atoms in total. The van der Waals surface area contributed by atoms with Crippen molar-refractivity contribution in [1.29, 1.82) is 0 Å². The highest BCUT2D eigenvalue weighted by molar-refractivity contribution is 7.09. The molecule has 1 N–H and O–H groups in total. The van der Waals surface area contributed by atoms with Crippen molar-refractivity contribution in [2.45, 2.75) is 38.3 Å². The van der Waals surface area contributed by atoms with Crippen LogP contribution >= 0.6 is 11.3 Å². The molecule has 2 heterocycles. The highest BCUT2D eigenvalue weighted by Gasteiger charge is 2.39. The van der Waals surface area contributed by atoms with Crippen molar-refractivity contribution in [3.05, 3.63) is 40.0 Å². The van der Waals surface area contributed by atoms with Crippen molar-refractivity contribution < 1.29 is 9.53 Å². The topological polar surface area (TPSA) is 72.3 Å². The largest absolute Gasteiger partial charge is 0.488 e. The Balaban J connectivity index is 1.53. The number of hydrogen-bond donors (Lipinski definition) is 1. The number of nitrogens with zero attached hydrogens (tertiary/aromatic N) is 4. The number of aromatic nitrogens is 3. The number of amides is 1. The second kappa shape index (κ2) is 7.76. The first-order valence-electron chi connectivity index (χ1n) is 9.84. The van der Waals surface area contributed by atoms with Crippen LogP contribution in [0.25, 0.3) is 10.9 Å². The van der Waals surface area contributed by atoms with Crippen molar-refractivity contribution in [1.82, 2.24) is 25.0 Å². The molecule has 1 aliphatic rings. The monoisotopic (exact) mass is 413 g/mol.